The van der Waals surface area contributed by atoms with Crippen LogP contribution in [0.2, 0.25) is 0 Å². The maximum Gasteiger partial charge on any atom is 2.00 e. The average molecular weight is 187 g/mol. The molecular weight excluding hydrogens is 175 g/mol. The molecule has 12 N–H and O–H groups in total. The maximum absolute atomic E-state index is 8.33. The van der Waals surface area contributed by atoms with Crippen LogP contribution >= 0.6 is 0 Å². The summed E-state index contributed by atoms with van der Waals surface area (Å²) in [4.78, 5) is 8.33. The molecule has 0 saturated heterocycles. The van der Waals surface area contributed by atoms with Gasteiger partial charge >= 0.3 is 16.8 Å². The zero-order valence-electron chi connectivity index (χ0n) is 4.89. The van der Waals surface area contributed by atoms with Gasteiger partial charge in [-0.3, -0.25) is 0 Å². The summed E-state index contributed by atoms with van der Waals surface area (Å²) < 4.78 is 0. The SMILES string of the molecule is N.N.N.N.O=C([O-])[O-].[Co+2]. The molecule has 9 heavy (non-hydrogen) atoms. The van der Waals surface area contributed by atoms with E-state index in [1.807, 2.05) is 0 Å². The number of rotatable bonds is 0. The van der Waals surface area contributed by atoms with Crippen molar-refractivity contribution in [3.8, 4) is 0 Å². The average Bonchev–Trinajstić information content (AvgIpc) is 0.811. The Morgan fingerprint density at radius 3 is 0.889 bits per heavy atom. The molecule has 0 amide bonds. The molecule has 0 aromatic heterocycles. The van der Waals surface area contributed by atoms with Crippen molar-refractivity contribution in [3.63, 3.8) is 0 Å². The predicted octanol–water partition coefficient (Wildman–Crippen LogP) is -1.80. The van der Waals surface area contributed by atoms with E-state index in [1.54, 1.807) is 0 Å². The first kappa shape index (κ1) is 73.0. The van der Waals surface area contributed by atoms with Gasteiger partial charge in [-0.05, 0) is 6.16 Å². The summed E-state index contributed by atoms with van der Waals surface area (Å²) in [6.45, 7) is 0. The van der Waals surface area contributed by atoms with Crippen molar-refractivity contribution < 1.29 is 31.8 Å². The fourth-order valence-corrected chi connectivity index (χ4v) is 0. The van der Waals surface area contributed by atoms with Crippen LogP contribution in [0.5, 0.6) is 0 Å². The van der Waals surface area contributed by atoms with Gasteiger partial charge in [0.2, 0.25) is 0 Å². The molecular formula is CH12CoN4O3. The summed E-state index contributed by atoms with van der Waals surface area (Å²) in [7, 11) is 0. The van der Waals surface area contributed by atoms with E-state index in [9.17, 15) is 0 Å². The summed E-state index contributed by atoms with van der Waals surface area (Å²) >= 11 is 0. The molecule has 0 heterocycles. The van der Waals surface area contributed by atoms with Crippen LogP contribution in [0.1, 0.15) is 0 Å². The Labute approximate surface area is 63.4 Å². The Bertz CT molecular complexity index is 38.8. The molecule has 8 heteroatoms. The number of carbonyl (C=O) groups excluding carboxylic acids is 1. The zero-order valence-corrected chi connectivity index (χ0v) is 5.93. The molecule has 0 fully saturated rings. The van der Waals surface area contributed by atoms with Crippen molar-refractivity contribution in [2.45, 2.75) is 0 Å². The van der Waals surface area contributed by atoms with Crippen LogP contribution in [0.15, 0.2) is 0 Å². The number of hydrogen-bond acceptors (Lipinski definition) is 7. The molecule has 1 radical (unpaired) electrons. The molecule has 0 atom stereocenters. The van der Waals surface area contributed by atoms with E-state index in [-0.39, 0.29) is 41.4 Å². The molecule has 0 aliphatic heterocycles. The summed E-state index contributed by atoms with van der Waals surface area (Å²) in [5, 5.41) is 16.7. The molecule has 0 spiro atoms. The Balaban J connectivity index is -0.00000000450. The standard InChI is InChI=1S/CH2O3.Co.4H3N/c2-1(3)4;;;;;/h(H2,2,3,4);;4*1H3/q;+2;;;;/p-2. The van der Waals surface area contributed by atoms with E-state index < -0.39 is 6.16 Å². The van der Waals surface area contributed by atoms with Crippen LogP contribution in [-0.4, -0.2) is 6.16 Å². The second-order valence-corrected chi connectivity index (χ2v) is 0.250. The van der Waals surface area contributed by atoms with Crippen molar-refractivity contribution >= 4 is 6.16 Å². The molecule has 0 rings (SSSR count). The van der Waals surface area contributed by atoms with Gasteiger partial charge < -0.3 is 39.6 Å². The van der Waals surface area contributed by atoms with Crippen molar-refractivity contribution in [2.24, 2.45) is 0 Å². The van der Waals surface area contributed by atoms with E-state index in [2.05, 4.69) is 0 Å². The van der Waals surface area contributed by atoms with Gasteiger partial charge in [0.05, 0.1) is 0 Å². The van der Waals surface area contributed by atoms with Gasteiger partial charge in [0.1, 0.15) is 0 Å². The molecule has 63 valence electrons. The molecule has 0 aromatic rings. The first-order valence-electron chi connectivity index (χ1n) is 0.612. The van der Waals surface area contributed by atoms with Crippen molar-refractivity contribution in [3.05, 3.63) is 0 Å². The second kappa shape index (κ2) is 48.7. The van der Waals surface area contributed by atoms with Gasteiger partial charge in [-0.15, -0.1) is 0 Å². The third kappa shape index (κ3) is 1630. The van der Waals surface area contributed by atoms with Gasteiger partial charge in [-0.25, -0.2) is 0 Å². The van der Waals surface area contributed by atoms with E-state index in [4.69, 9.17) is 15.0 Å². The summed E-state index contributed by atoms with van der Waals surface area (Å²) in [6, 6.07) is 0. The van der Waals surface area contributed by atoms with Gasteiger partial charge in [0.15, 0.2) is 0 Å². The molecule has 0 bridgehead atoms. The fraction of sp³-hybridized carbons (Fsp3) is 0. The summed E-state index contributed by atoms with van der Waals surface area (Å²) in [5.41, 5.74) is 0. The Morgan fingerprint density at radius 2 is 0.889 bits per heavy atom. The molecule has 0 aromatic carbocycles. The van der Waals surface area contributed by atoms with Crippen LogP contribution < -0.4 is 34.8 Å². The van der Waals surface area contributed by atoms with Crippen molar-refractivity contribution in [2.75, 3.05) is 0 Å². The fourth-order valence-electron chi connectivity index (χ4n) is 0. The minimum absolute atomic E-state index is 0. The maximum atomic E-state index is 8.33. The van der Waals surface area contributed by atoms with Crippen LogP contribution in [0.4, 0.5) is 4.79 Å². The molecule has 0 unspecified atom stereocenters. The van der Waals surface area contributed by atoms with E-state index in [0.29, 0.717) is 0 Å². The van der Waals surface area contributed by atoms with Crippen LogP contribution in [0.25, 0.3) is 0 Å². The molecule has 7 nitrogen and oxygen atoms in total. The third-order valence-electron chi connectivity index (χ3n) is 0. The van der Waals surface area contributed by atoms with Crippen LogP contribution in [-0.2, 0) is 16.8 Å². The Hall–Kier alpha value is -0.384. The summed E-state index contributed by atoms with van der Waals surface area (Å²) in [5.74, 6) is 0. The first-order chi connectivity index (χ1) is 1.73. The molecule has 0 aliphatic carbocycles. The minimum atomic E-state index is -2.33. The van der Waals surface area contributed by atoms with Crippen LogP contribution in [0, 0.1) is 0 Å². The quantitative estimate of drug-likeness (QED) is 0.341. The number of carboxylic acid groups (broad SMARTS) is 2. The van der Waals surface area contributed by atoms with Gasteiger partial charge in [-0.2, -0.15) is 0 Å². The van der Waals surface area contributed by atoms with Gasteiger partial charge in [-0.1, -0.05) is 0 Å². The van der Waals surface area contributed by atoms with Gasteiger partial charge in [0.25, 0.3) is 0 Å². The van der Waals surface area contributed by atoms with Crippen molar-refractivity contribution in [1.82, 2.24) is 24.6 Å². The minimum Gasteiger partial charge on any atom is -0.652 e. The molecule has 0 saturated carbocycles. The predicted molar refractivity (Wildman–Crippen MR) is 25.5 cm³/mol. The van der Waals surface area contributed by atoms with Crippen LogP contribution in [0.3, 0.4) is 0 Å². The zero-order chi connectivity index (χ0) is 3.58. The van der Waals surface area contributed by atoms with E-state index in [0.717, 1.165) is 0 Å². The Kier molecular flexibility index (Phi) is 395. The number of hydrogen-bond donors (Lipinski definition) is 4. The van der Waals surface area contributed by atoms with E-state index >= 15 is 0 Å². The monoisotopic (exact) mass is 187 g/mol. The molecule has 0 aliphatic rings. The topological polar surface area (TPSA) is 203 Å². The first-order valence-corrected chi connectivity index (χ1v) is 0.612. The third-order valence-corrected chi connectivity index (χ3v) is 0. The van der Waals surface area contributed by atoms with E-state index in [1.165, 1.54) is 0 Å². The van der Waals surface area contributed by atoms with Crippen molar-refractivity contribution in [1.29, 1.82) is 0 Å². The smallest absolute Gasteiger partial charge is 0.652 e. The van der Waals surface area contributed by atoms with Gasteiger partial charge in [0, 0.05) is 0 Å². The number of carbonyl (C=O) groups is 1. The summed E-state index contributed by atoms with van der Waals surface area (Å²) in [6.07, 6.45) is -2.33. The Morgan fingerprint density at radius 1 is 0.889 bits per heavy atom. The second-order valence-electron chi connectivity index (χ2n) is 0.250. The largest absolute Gasteiger partial charge is 2.00 e. The normalized spacial score (nSPS) is 2.67.